The van der Waals surface area contributed by atoms with Crippen LogP contribution in [0.25, 0.3) is 0 Å². The summed E-state index contributed by atoms with van der Waals surface area (Å²) in [5.74, 6) is -0.177. The number of hydrogen-bond donors (Lipinski definition) is 1. The van der Waals surface area contributed by atoms with Crippen molar-refractivity contribution in [2.45, 2.75) is 31.8 Å². The van der Waals surface area contributed by atoms with Gasteiger partial charge in [-0.3, -0.25) is 9.59 Å². The lowest BCUT2D eigenvalue weighted by atomic mass is 10.2. The number of nitrogens with zero attached hydrogens (tertiary/aromatic N) is 1. The van der Waals surface area contributed by atoms with Crippen LogP contribution in [0.3, 0.4) is 0 Å². The highest BCUT2D eigenvalue weighted by atomic mass is 32.2. The molecule has 0 bridgehead atoms. The summed E-state index contributed by atoms with van der Waals surface area (Å²) in [6, 6.07) is -0.823. The molecular weight excluding hydrogens is 244 g/mol. The van der Waals surface area contributed by atoms with Gasteiger partial charge in [0.25, 0.3) is 0 Å². The van der Waals surface area contributed by atoms with Crippen LogP contribution < -0.4 is 5.32 Å². The topological polar surface area (TPSA) is 83.6 Å². The Hall–Kier alpha value is -1.11. The van der Waals surface area contributed by atoms with Crippen molar-refractivity contribution < 1.29 is 18.0 Å². The van der Waals surface area contributed by atoms with Gasteiger partial charge in [0.1, 0.15) is 6.04 Å². The summed E-state index contributed by atoms with van der Waals surface area (Å²) in [6.45, 7) is 1.94. The van der Waals surface area contributed by atoms with Crippen LogP contribution in [-0.2, 0) is 19.4 Å². The van der Waals surface area contributed by atoms with Crippen molar-refractivity contribution in [3.63, 3.8) is 0 Å². The maximum atomic E-state index is 12.0. The molecule has 2 atom stereocenters. The fourth-order valence-corrected chi connectivity index (χ4v) is 4.07. The molecule has 2 unspecified atom stereocenters. The Kier molecular flexibility index (Phi) is 3.11. The van der Waals surface area contributed by atoms with Crippen LogP contribution in [0.15, 0.2) is 0 Å². The van der Waals surface area contributed by atoms with E-state index in [1.807, 2.05) is 0 Å². The number of carbonyl (C=O) groups is 2. The van der Waals surface area contributed by atoms with Crippen molar-refractivity contribution in [2.75, 3.05) is 18.1 Å². The molecule has 2 aliphatic rings. The first-order valence-corrected chi connectivity index (χ1v) is 7.51. The summed E-state index contributed by atoms with van der Waals surface area (Å²) in [6.07, 6.45) is 0.724. The number of amides is 2. The molecule has 2 heterocycles. The van der Waals surface area contributed by atoms with E-state index in [1.165, 1.54) is 0 Å². The van der Waals surface area contributed by atoms with Crippen molar-refractivity contribution in [2.24, 2.45) is 0 Å². The monoisotopic (exact) mass is 260 g/mol. The van der Waals surface area contributed by atoms with Crippen molar-refractivity contribution in [3.8, 4) is 0 Å². The lowest BCUT2D eigenvalue weighted by Gasteiger charge is -2.27. The van der Waals surface area contributed by atoms with Crippen molar-refractivity contribution in [1.82, 2.24) is 10.2 Å². The maximum Gasteiger partial charge on any atom is 0.245 e. The third-order valence-corrected chi connectivity index (χ3v) is 5.01. The quantitative estimate of drug-likeness (QED) is 0.649. The van der Waals surface area contributed by atoms with Gasteiger partial charge in [0.2, 0.25) is 11.8 Å². The first-order chi connectivity index (χ1) is 7.89. The molecule has 2 saturated heterocycles. The highest BCUT2D eigenvalue weighted by Gasteiger charge is 2.37. The Morgan fingerprint density at radius 2 is 2.06 bits per heavy atom. The highest BCUT2D eigenvalue weighted by Crippen LogP contribution is 2.20. The van der Waals surface area contributed by atoms with Gasteiger partial charge in [-0.05, 0) is 13.3 Å². The van der Waals surface area contributed by atoms with Crippen LogP contribution in [0.2, 0.25) is 0 Å². The second kappa shape index (κ2) is 4.29. The van der Waals surface area contributed by atoms with Gasteiger partial charge < -0.3 is 10.2 Å². The van der Waals surface area contributed by atoms with Crippen molar-refractivity contribution >= 4 is 21.7 Å². The molecular formula is C10H16N2O4S. The molecule has 0 aliphatic carbocycles. The molecule has 0 radical (unpaired) electrons. The zero-order chi connectivity index (χ0) is 12.6. The van der Waals surface area contributed by atoms with Gasteiger partial charge in [-0.1, -0.05) is 0 Å². The second-order valence-corrected chi connectivity index (χ2v) is 6.86. The number of rotatable bonds is 1. The Labute approximate surface area is 100 Å². The van der Waals surface area contributed by atoms with E-state index in [0.29, 0.717) is 13.0 Å². The molecule has 0 spiro atoms. The smallest absolute Gasteiger partial charge is 0.245 e. The molecule has 2 amide bonds. The second-order valence-electron chi connectivity index (χ2n) is 4.63. The summed E-state index contributed by atoms with van der Waals surface area (Å²) in [5.41, 5.74) is 0. The normalized spacial score (nSPS) is 33.4. The zero-order valence-corrected chi connectivity index (χ0v) is 10.5. The summed E-state index contributed by atoms with van der Waals surface area (Å²) >= 11 is 0. The van der Waals surface area contributed by atoms with Crippen LogP contribution >= 0.6 is 0 Å². The molecule has 17 heavy (non-hydrogen) atoms. The minimum atomic E-state index is -3.01. The maximum absolute atomic E-state index is 12.0. The van der Waals surface area contributed by atoms with E-state index in [1.54, 1.807) is 11.8 Å². The number of sulfone groups is 1. The molecule has 2 aliphatic heterocycles. The van der Waals surface area contributed by atoms with Gasteiger partial charge in [0.05, 0.1) is 11.5 Å². The van der Waals surface area contributed by atoms with Crippen LogP contribution in [0, 0.1) is 0 Å². The van der Waals surface area contributed by atoms with E-state index in [4.69, 9.17) is 0 Å². The summed E-state index contributed by atoms with van der Waals surface area (Å²) in [4.78, 5) is 24.9. The summed E-state index contributed by atoms with van der Waals surface area (Å²) in [7, 11) is -3.01. The van der Waals surface area contributed by atoms with E-state index in [2.05, 4.69) is 5.32 Å². The summed E-state index contributed by atoms with van der Waals surface area (Å²) < 4.78 is 22.8. The van der Waals surface area contributed by atoms with E-state index in [9.17, 15) is 18.0 Å². The predicted octanol–water partition coefficient (Wildman–Crippen LogP) is -1.09. The fraction of sp³-hybridized carbons (Fsp3) is 0.800. The SMILES string of the molecule is CC1NC(=O)CCN(C2CCS(=O)(=O)C2)C1=O. The van der Waals surface area contributed by atoms with Crippen molar-refractivity contribution in [1.29, 1.82) is 0 Å². The van der Waals surface area contributed by atoms with Gasteiger partial charge in [-0.25, -0.2) is 8.42 Å². The lowest BCUT2D eigenvalue weighted by Crippen LogP contribution is -2.47. The molecule has 2 fully saturated rings. The van der Waals surface area contributed by atoms with E-state index >= 15 is 0 Å². The van der Waals surface area contributed by atoms with Crippen LogP contribution in [0.1, 0.15) is 19.8 Å². The highest BCUT2D eigenvalue weighted by molar-refractivity contribution is 7.91. The summed E-state index contributed by atoms with van der Waals surface area (Å²) in [5, 5.41) is 2.59. The number of nitrogens with one attached hydrogen (secondary N) is 1. The van der Waals surface area contributed by atoms with Gasteiger partial charge in [-0.15, -0.1) is 0 Å². The van der Waals surface area contributed by atoms with Crippen LogP contribution in [0.5, 0.6) is 0 Å². The average Bonchev–Trinajstić information content (AvgIpc) is 2.52. The molecule has 0 saturated carbocycles. The molecule has 7 heteroatoms. The van der Waals surface area contributed by atoms with Crippen molar-refractivity contribution in [3.05, 3.63) is 0 Å². The Morgan fingerprint density at radius 1 is 1.35 bits per heavy atom. The van der Waals surface area contributed by atoms with Gasteiger partial charge >= 0.3 is 0 Å². The van der Waals surface area contributed by atoms with Crippen LogP contribution in [0.4, 0.5) is 0 Å². The van der Waals surface area contributed by atoms with Gasteiger partial charge in [-0.2, -0.15) is 0 Å². The zero-order valence-electron chi connectivity index (χ0n) is 9.68. The third kappa shape index (κ3) is 2.59. The van der Waals surface area contributed by atoms with Gasteiger partial charge in [0.15, 0.2) is 9.84 Å². The molecule has 2 rings (SSSR count). The molecule has 0 aromatic rings. The average molecular weight is 260 g/mol. The minimum absolute atomic E-state index is 0.0274. The predicted molar refractivity (Wildman–Crippen MR) is 61.0 cm³/mol. The molecule has 0 aromatic heterocycles. The molecule has 6 nitrogen and oxygen atoms in total. The Morgan fingerprint density at radius 3 is 2.65 bits per heavy atom. The standard InChI is InChI=1S/C10H16N2O4S/c1-7-10(14)12(4-2-9(13)11-7)8-3-5-17(15,16)6-8/h7-8H,2-6H2,1H3,(H,11,13). The van der Waals surface area contributed by atoms with E-state index in [0.717, 1.165) is 0 Å². The molecule has 0 aromatic carbocycles. The van der Waals surface area contributed by atoms with E-state index < -0.39 is 15.9 Å². The molecule has 96 valence electrons. The Balaban J connectivity index is 2.14. The number of carbonyl (C=O) groups excluding carboxylic acids is 2. The molecule has 1 N–H and O–H groups in total. The minimum Gasteiger partial charge on any atom is -0.345 e. The van der Waals surface area contributed by atoms with Crippen LogP contribution in [-0.4, -0.2) is 55.3 Å². The third-order valence-electron chi connectivity index (χ3n) is 3.26. The lowest BCUT2D eigenvalue weighted by molar-refractivity contribution is -0.134. The van der Waals surface area contributed by atoms with Gasteiger partial charge in [0, 0.05) is 19.0 Å². The Bertz CT molecular complexity index is 445. The number of hydrogen-bond acceptors (Lipinski definition) is 4. The first kappa shape index (κ1) is 12.3. The largest absolute Gasteiger partial charge is 0.345 e. The van der Waals surface area contributed by atoms with E-state index in [-0.39, 0.29) is 35.8 Å². The first-order valence-electron chi connectivity index (χ1n) is 5.69. The fourth-order valence-electron chi connectivity index (χ4n) is 2.34.